The zero-order valence-electron chi connectivity index (χ0n) is 7.53. The molecule has 0 spiro atoms. The number of rotatable bonds is 3. The summed E-state index contributed by atoms with van der Waals surface area (Å²) < 4.78 is 5.03. The first-order valence-corrected chi connectivity index (χ1v) is 4.26. The summed E-state index contributed by atoms with van der Waals surface area (Å²) in [7, 11) is 1.50. The molecule has 0 unspecified atom stereocenters. The highest BCUT2D eigenvalue weighted by Gasteiger charge is 2.06. The van der Waals surface area contributed by atoms with E-state index in [9.17, 15) is 4.79 Å². The number of benzene rings is 1. The third-order valence-corrected chi connectivity index (χ3v) is 1.93. The van der Waals surface area contributed by atoms with E-state index in [2.05, 4.69) is 0 Å². The standard InChI is InChI=1S/C10H9ClO3/c1-14-9-5-3-2-4-7(9)8(11)6-10(12)13/h2-6H,1H3,(H,12,13)/b8-6-. The SMILES string of the molecule is COc1ccccc1/C(Cl)=C/C(=O)O. The molecule has 14 heavy (non-hydrogen) atoms. The Labute approximate surface area is 86.6 Å². The van der Waals surface area contributed by atoms with E-state index in [1.807, 2.05) is 0 Å². The maximum atomic E-state index is 10.4. The average molecular weight is 213 g/mol. The van der Waals surface area contributed by atoms with Gasteiger partial charge in [-0.05, 0) is 12.1 Å². The number of hydrogen-bond donors (Lipinski definition) is 1. The fourth-order valence-electron chi connectivity index (χ4n) is 1.03. The van der Waals surface area contributed by atoms with Gasteiger partial charge in [-0.25, -0.2) is 4.79 Å². The molecule has 3 nitrogen and oxygen atoms in total. The number of carboxylic acid groups (broad SMARTS) is 1. The van der Waals surface area contributed by atoms with E-state index in [0.717, 1.165) is 6.08 Å². The van der Waals surface area contributed by atoms with Crippen molar-refractivity contribution in [3.63, 3.8) is 0 Å². The van der Waals surface area contributed by atoms with Gasteiger partial charge in [-0.15, -0.1) is 0 Å². The summed E-state index contributed by atoms with van der Waals surface area (Å²) in [5.41, 5.74) is 0.569. The molecule has 1 aromatic rings. The quantitative estimate of drug-likeness (QED) is 0.783. The zero-order valence-corrected chi connectivity index (χ0v) is 8.28. The third-order valence-electron chi connectivity index (χ3n) is 1.61. The van der Waals surface area contributed by atoms with Crippen LogP contribution in [0.1, 0.15) is 5.56 Å². The molecule has 0 aliphatic heterocycles. The number of hydrogen-bond acceptors (Lipinski definition) is 2. The molecular formula is C10H9ClO3. The minimum atomic E-state index is -1.08. The summed E-state index contributed by atoms with van der Waals surface area (Å²) >= 11 is 5.79. The summed E-state index contributed by atoms with van der Waals surface area (Å²) in [6.45, 7) is 0. The Balaban J connectivity index is 3.11. The Kier molecular flexibility index (Phi) is 3.54. The lowest BCUT2D eigenvalue weighted by atomic mass is 10.2. The molecule has 0 aliphatic carbocycles. The zero-order chi connectivity index (χ0) is 10.6. The highest BCUT2D eigenvalue weighted by atomic mass is 35.5. The minimum absolute atomic E-state index is 0.148. The average Bonchev–Trinajstić information content (AvgIpc) is 2.16. The van der Waals surface area contributed by atoms with Gasteiger partial charge >= 0.3 is 5.97 Å². The van der Waals surface area contributed by atoms with Gasteiger partial charge in [0, 0.05) is 11.6 Å². The van der Waals surface area contributed by atoms with Crippen LogP contribution in [0.2, 0.25) is 0 Å². The van der Waals surface area contributed by atoms with Crippen molar-refractivity contribution >= 4 is 22.6 Å². The van der Waals surface area contributed by atoms with E-state index >= 15 is 0 Å². The van der Waals surface area contributed by atoms with Crippen LogP contribution in [-0.2, 0) is 4.79 Å². The summed E-state index contributed by atoms with van der Waals surface area (Å²) in [5.74, 6) is -0.532. The molecule has 0 amide bonds. The Morgan fingerprint density at radius 3 is 2.71 bits per heavy atom. The van der Waals surface area contributed by atoms with Crippen LogP contribution in [0.4, 0.5) is 0 Å². The molecular weight excluding hydrogens is 204 g/mol. The molecule has 1 aromatic carbocycles. The van der Waals surface area contributed by atoms with Crippen molar-refractivity contribution in [1.82, 2.24) is 0 Å². The van der Waals surface area contributed by atoms with Crippen molar-refractivity contribution in [2.45, 2.75) is 0 Å². The first-order valence-electron chi connectivity index (χ1n) is 3.88. The monoisotopic (exact) mass is 212 g/mol. The lowest BCUT2D eigenvalue weighted by molar-refractivity contribution is -0.131. The van der Waals surface area contributed by atoms with Crippen molar-refractivity contribution in [3.05, 3.63) is 35.9 Å². The summed E-state index contributed by atoms with van der Waals surface area (Å²) in [6.07, 6.45) is 0.930. The highest BCUT2D eigenvalue weighted by Crippen LogP contribution is 2.27. The van der Waals surface area contributed by atoms with Gasteiger partial charge in [0.15, 0.2) is 0 Å². The van der Waals surface area contributed by atoms with E-state index in [-0.39, 0.29) is 5.03 Å². The number of carboxylic acids is 1. The summed E-state index contributed by atoms with van der Waals surface area (Å²) in [6, 6.07) is 6.96. The third kappa shape index (κ3) is 2.50. The predicted molar refractivity (Wildman–Crippen MR) is 54.5 cm³/mol. The van der Waals surface area contributed by atoms with Crippen LogP contribution < -0.4 is 4.74 Å². The molecule has 0 aliphatic rings. The molecule has 0 saturated heterocycles. The highest BCUT2D eigenvalue weighted by molar-refractivity contribution is 6.50. The summed E-state index contributed by atoms with van der Waals surface area (Å²) in [4.78, 5) is 10.4. The topological polar surface area (TPSA) is 46.5 Å². The number of methoxy groups -OCH3 is 1. The lowest BCUT2D eigenvalue weighted by Gasteiger charge is -2.05. The van der Waals surface area contributed by atoms with Crippen LogP contribution >= 0.6 is 11.6 Å². The maximum absolute atomic E-state index is 10.4. The molecule has 1 rings (SSSR count). The van der Waals surface area contributed by atoms with E-state index in [0.29, 0.717) is 11.3 Å². The van der Waals surface area contributed by atoms with Crippen molar-refractivity contribution in [3.8, 4) is 5.75 Å². The maximum Gasteiger partial charge on any atom is 0.329 e. The molecule has 1 N–H and O–H groups in total. The fourth-order valence-corrected chi connectivity index (χ4v) is 1.28. The smallest absolute Gasteiger partial charge is 0.329 e. The van der Waals surface area contributed by atoms with Crippen LogP contribution in [0.3, 0.4) is 0 Å². The molecule has 0 saturated carbocycles. The molecule has 0 bridgehead atoms. The summed E-state index contributed by atoms with van der Waals surface area (Å²) in [5, 5.41) is 8.66. The van der Waals surface area contributed by atoms with Crippen LogP contribution in [0.15, 0.2) is 30.3 Å². The van der Waals surface area contributed by atoms with E-state index in [4.69, 9.17) is 21.4 Å². The van der Waals surface area contributed by atoms with Crippen molar-refractivity contribution in [2.24, 2.45) is 0 Å². The lowest BCUT2D eigenvalue weighted by Crippen LogP contribution is -1.92. The second-order valence-corrected chi connectivity index (χ2v) is 2.94. The number of halogens is 1. The van der Waals surface area contributed by atoms with Gasteiger partial charge in [0.25, 0.3) is 0 Å². The number of ether oxygens (including phenoxy) is 1. The minimum Gasteiger partial charge on any atom is -0.496 e. The van der Waals surface area contributed by atoms with Gasteiger partial charge in [0.2, 0.25) is 0 Å². The Morgan fingerprint density at radius 1 is 1.50 bits per heavy atom. The molecule has 0 atom stereocenters. The first kappa shape index (κ1) is 10.6. The first-order chi connectivity index (χ1) is 6.65. The Hall–Kier alpha value is -1.48. The van der Waals surface area contributed by atoms with Crippen molar-refractivity contribution in [2.75, 3.05) is 7.11 Å². The fraction of sp³-hybridized carbons (Fsp3) is 0.100. The molecule has 0 heterocycles. The van der Waals surface area contributed by atoms with E-state index < -0.39 is 5.97 Å². The van der Waals surface area contributed by atoms with Gasteiger partial charge in [0.1, 0.15) is 5.75 Å². The van der Waals surface area contributed by atoms with Crippen LogP contribution in [0, 0.1) is 0 Å². The van der Waals surface area contributed by atoms with E-state index in [1.165, 1.54) is 7.11 Å². The van der Waals surface area contributed by atoms with Crippen LogP contribution in [0.5, 0.6) is 5.75 Å². The molecule has 0 radical (unpaired) electrons. The number of carbonyl (C=O) groups is 1. The van der Waals surface area contributed by atoms with Crippen LogP contribution in [0.25, 0.3) is 5.03 Å². The van der Waals surface area contributed by atoms with Gasteiger partial charge in [-0.1, -0.05) is 23.7 Å². The largest absolute Gasteiger partial charge is 0.496 e. The number of para-hydroxylation sites is 1. The predicted octanol–water partition coefficient (Wildman–Crippen LogP) is 2.36. The molecule has 4 heteroatoms. The molecule has 74 valence electrons. The van der Waals surface area contributed by atoms with Gasteiger partial charge < -0.3 is 9.84 Å². The second-order valence-electron chi connectivity index (χ2n) is 2.53. The molecule has 0 aromatic heterocycles. The van der Waals surface area contributed by atoms with Gasteiger partial charge in [0.05, 0.1) is 12.1 Å². The Bertz CT molecular complexity index is 371. The Morgan fingerprint density at radius 2 is 2.14 bits per heavy atom. The van der Waals surface area contributed by atoms with Crippen molar-refractivity contribution in [1.29, 1.82) is 0 Å². The second kappa shape index (κ2) is 4.67. The van der Waals surface area contributed by atoms with Gasteiger partial charge in [-0.2, -0.15) is 0 Å². The molecule has 0 fully saturated rings. The van der Waals surface area contributed by atoms with Crippen LogP contribution in [-0.4, -0.2) is 18.2 Å². The van der Waals surface area contributed by atoms with E-state index in [1.54, 1.807) is 24.3 Å². The number of aliphatic carboxylic acids is 1. The normalized spacial score (nSPS) is 11.1. The van der Waals surface area contributed by atoms with Crippen molar-refractivity contribution < 1.29 is 14.6 Å². The van der Waals surface area contributed by atoms with Gasteiger partial charge in [-0.3, -0.25) is 0 Å².